The Hall–Kier alpha value is -0.730. The zero-order valence-corrected chi connectivity index (χ0v) is 10.3. The molecular weight excluding hydrogens is 222 g/mol. The van der Waals surface area contributed by atoms with E-state index in [0.29, 0.717) is 0 Å². The molecule has 1 saturated heterocycles. The van der Waals surface area contributed by atoms with Crippen LogP contribution in [0.4, 0.5) is 0 Å². The highest BCUT2D eigenvalue weighted by atomic mass is 35.5. The molecule has 0 unspecified atom stereocenters. The van der Waals surface area contributed by atoms with Crippen LogP contribution >= 0.6 is 12.4 Å². The summed E-state index contributed by atoms with van der Waals surface area (Å²) in [5.41, 5.74) is 3.00. The van der Waals surface area contributed by atoms with Gasteiger partial charge in [-0.25, -0.2) is 0 Å². The second-order valence-corrected chi connectivity index (χ2v) is 4.60. The van der Waals surface area contributed by atoms with Gasteiger partial charge >= 0.3 is 0 Å². The number of hydrogen-bond acceptors (Lipinski definition) is 2. The first-order valence-corrected chi connectivity index (χ1v) is 5.76. The summed E-state index contributed by atoms with van der Waals surface area (Å²) in [5.74, 6) is 2.63. The van der Waals surface area contributed by atoms with Gasteiger partial charge in [0.25, 0.3) is 0 Å². The highest BCUT2D eigenvalue weighted by Crippen LogP contribution is 2.45. The van der Waals surface area contributed by atoms with E-state index in [2.05, 4.69) is 23.5 Å². The first-order chi connectivity index (χ1) is 7.40. The van der Waals surface area contributed by atoms with E-state index in [4.69, 9.17) is 4.74 Å². The second-order valence-electron chi connectivity index (χ2n) is 4.60. The molecule has 88 valence electrons. The molecule has 1 fully saturated rings. The number of nitrogens with one attached hydrogen (secondary N) is 1. The van der Waals surface area contributed by atoms with Crippen molar-refractivity contribution in [1.82, 2.24) is 5.32 Å². The fourth-order valence-electron chi connectivity index (χ4n) is 3.17. The van der Waals surface area contributed by atoms with Crippen molar-refractivity contribution in [3.63, 3.8) is 0 Å². The van der Waals surface area contributed by atoms with Gasteiger partial charge in [-0.15, -0.1) is 12.4 Å². The molecule has 0 saturated carbocycles. The largest absolute Gasteiger partial charge is 0.496 e. The van der Waals surface area contributed by atoms with Crippen molar-refractivity contribution < 1.29 is 4.74 Å². The smallest absolute Gasteiger partial charge is 0.122 e. The average molecular weight is 240 g/mol. The third-order valence-electron chi connectivity index (χ3n) is 3.84. The summed E-state index contributed by atoms with van der Waals surface area (Å²) in [6.07, 6.45) is 2.49. The zero-order chi connectivity index (χ0) is 10.3. The van der Waals surface area contributed by atoms with Crippen LogP contribution in [0.2, 0.25) is 0 Å². The SMILES string of the molecule is COc1cccc2c1[C@H]1CCNC[C@@H]1C2.Cl. The Morgan fingerprint density at radius 3 is 3.06 bits per heavy atom. The minimum atomic E-state index is 0. The van der Waals surface area contributed by atoms with Gasteiger partial charge < -0.3 is 10.1 Å². The molecule has 3 heteroatoms. The number of rotatable bonds is 1. The number of ether oxygens (including phenoxy) is 1. The third-order valence-corrected chi connectivity index (χ3v) is 3.84. The van der Waals surface area contributed by atoms with E-state index in [0.717, 1.165) is 24.1 Å². The molecule has 0 bridgehead atoms. The van der Waals surface area contributed by atoms with Gasteiger partial charge in [0.1, 0.15) is 5.75 Å². The van der Waals surface area contributed by atoms with Gasteiger partial charge in [0.05, 0.1) is 7.11 Å². The van der Waals surface area contributed by atoms with E-state index in [9.17, 15) is 0 Å². The Bertz CT molecular complexity index is 380. The standard InChI is InChI=1S/C13H17NO.ClH/c1-15-12-4-2-3-9-7-10-8-14-6-5-11(10)13(9)12;/h2-4,10-11,14H,5-8H2,1H3;1H/t10-,11-;/m0./s1. The van der Waals surface area contributed by atoms with Gasteiger partial charge in [-0.2, -0.15) is 0 Å². The fourth-order valence-corrected chi connectivity index (χ4v) is 3.17. The summed E-state index contributed by atoms with van der Waals surface area (Å²) >= 11 is 0. The van der Waals surface area contributed by atoms with Crippen molar-refractivity contribution in [1.29, 1.82) is 0 Å². The van der Waals surface area contributed by atoms with Crippen molar-refractivity contribution in [2.24, 2.45) is 5.92 Å². The molecule has 1 aromatic rings. The lowest BCUT2D eigenvalue weighted by atomic mass is 9.86. The number of halogens is 1. The molecule has 1 aliphatic heterocycles. The van der Waals surface area contributed by atoms with Crippen molar-refractivity contribution in [2.45, 2.75) is 18.8 Å². The quantitative estimate of drug-likeness (QED) is 0.813. The van der Waals surface area contributed by atoms with Crippen molar-refractivity contribution in [3.8, 4) is 5.75 Å². The van der Waals surface area contributed by atoms with E-state index in [-0.39, 0.29) is 12.4 Å². The summed E-state index contributed by atoms with van der Waals surface area (Å²) < 4.78 is 5.49. The van der Waals surface area contributed by atoms with Crippen LogP contribution in [0.25, 0.3) is 0 Å². The van der Waals surface area contributed by atoms with E-state index in [1.807, 2.05) is 0 Å². The minimum Gasteiger partial charge on any atom is -0.496 e. The van der Waals surface area contributed by atoms with Gasteiger partial charge in [-0.1, -0.05) is 12.1 Å². The molecule has 1 N–H and O–H groups in total. The minimum absolute atomic E-state index is 0. The first kappa shape index (κ1) is 11.7. The Morgan fingerprint density at radius 2 is 2.25 bits per heavy atom. The Kier molecular flexibility index (Phi) is 3.41. The van der Waals surface area contributed by atoms with Gasteiger partial charge in [-0.3, -0.25) is 0 Å². The summed E-state index contributed by atoms with van der Waals surface area (Å²) in [6, 6.07) is 6.47. The number of fused-ring (bicyclic) bond motifs is 3. The second kappa shape index (κ2) is 4.64. The lowest BCUT2D eigenvalue weighted by molar-refractivity contribution is 0.339. The van der Waals surface area contributed by atoms with Crippen LogP contribution in [0.1, 0.15) is 23.5 Å². The average Bonchev–Trinajstić information content (AvgIpc) is 2.67. The van der Waals surface area contributed by atoms with E-state index < -0.39 is 0 Å². The maximum Gasteiger partial charge on any atom is 0.122 e. The maximum absolute atomic E-state index is 5.49. The van der Waals surface area contributed by atoms with Crippen LogP contribution in [0.15, 0.2) is 18.2 Å². The van der Waals surface area contributed by atoms with Gasteiger partial charge in [-0.05, 0) is 49.4 Å². The Morgan fingerprint density at radius 1 is 1.38 bits per heavy atom. The molecule has 1 aromatic carbocycles. The molecule has 2 nitrogen and oxygen atoms in total. The Balaban J connectivity index is 0.000000963. The number of methoxy groups -OCH3 is 1. The molecule has 0 radical (unpaired) electrons. The van der Waals surface area contributed by atoms with Crippen molar-refractivity contribution in [3.05, 3.63) is 29.3 Å². The lowest BCUT2D eigenvalue weighted by Crippen LogP contribution is -2.33. The predicted octanol–water partition coefficient (Wildman–Crippen LogP) is 2.37. The summed E-state index contributed by atoms with van der Waals surface area (Å²) in [5, 5.41) is 3.49. The van der Waals surface area contributed by atoms with E-state index in [1.54, 1.807) is 7.11 Å². The highest BCUT2D eigenvalue weighted by Gasteiger charge is 2.35. The topological polar surface area (TPSA) is 21.3 Å². The van der Waals surface area contributed by atoms with Gasteiger partial charge in [0, 0.05) is 5.56 Å². The molecule has 2 aliphatic rings. The molecule has 0 amide bonds. The van der Waals surface area contributed by atoms with Crippen molar-refractivity contribution >= 4 is 12.4 Å². The van der Waals surface area contributed by atoms with E-state index >= 15 is 0 Å². The third kappa shape index (κ3) is 1.70. The van der Waals surface area contributed by atoms with Crippen LogP contribution in [0, 0.1) is 5.92 Å². The molecular formula is C13H18ClNO. The number of benzene rings is 1. The first-order valence-electron chi connectivity index (χ1n) is 5.76. The summed E-state index contributed by atoms with van der Waals surface area (Å²) in [6.45, 7) is 2.32. The lowest BCUT2D eigenvalue weighted by Gasteiger charge is -2.27. The van der Waals surface area contributed by atoms with Crippen LogP contribution in [-0.2, 0) is 6.42 Å². The van der Waals surface area contributed by atoms with Crippen LogP contribution < -0.4 is 10.1 Å². The normalized spacial score (nSPS) is 26.6. The van der Waals surface area contributed by atoms with Crippen LogP contribution in [-0.4, -0.2) is 20.2 Å². The summed E-state index contributed by atoms with van der Waals surface area (Å²) in [7, 11) is 1.78. The molecule has 1 aliphatic carbocycles. The van der Waals surface area contributed by atoms with Crippen LogP contribution in [0.5, 0.6) is 5.75 Å². The van der Waals surface area contributed by atoms with Crippen molar-refractivity contribution in [2.75, 3.05) is 20.2 Å². The molecule has 3 rings (SSSR count). The highest BCUT2D eigenvalue weighted by molar-refractivity contribution is 5.85. The zero-order valence-electron chi connectivity index (χ0n) is 9.53. The summed E-state index contributed by atoms with van der Waals surface area (Å²) in [4.78, 5) is 0. The number of piperidine rings is 1. The molecule has 0 aromatic heterocycles. The van der Waals surface area contributed by atoms with E-state index in [1.165, 1.54) is 30.5 Å². The predicted molar refractivity (Wildman–Crippen MR) is 67.7 cm³/mol. The molecule has 16 heavy (non-hydrogen) atoms. The Labute approximate surface area is 103 Å². The monoisotopic (exact) mass is 239 g/mol. The molecule has 2 atom stereocenters. The van der Waals surface area contributed by atoms with Crippen LogP contribution in [0.3, 0.4) is 0 Å². The number of hydrogen-bond donors (Lipinski definition) is 1. The molecule has 1 heterocycles. The maximum atomic E-state index is 5.49. The van der Waals surface area contributed by atoms with Gasteiger partial charge in [0.2, 0.25) is 0 Å². The molecule has 0 spiro atoms. The fraction of sp³-hybridized carbons (Fsp3) is 0.538. The van der Waals surface area contributed by atoms with Gasteiger partial charge in [0.15, 0.2) is 0 Å².